The normalized spacial score (nSPS) is 27.7. The minimum atomic E-state index is -2.78. The quantitative estimate of drug-likeness (QED) is 0.528. The number of nitrogens with zero attached hydrogens (tertiary/aromatic N) is 2. The molecule has 170 valence electrons. The van der Waals surface area contributed by atoms with E-state index in [1.165, 1.54) is 12.1 Å². The second kappa shape index (κ2) is 8.36. The standard InChI is InChI=1S/C21H24F2N6O3/c22-19(23)16-6-13-7-17(26-16)27-20(30)12-3-10(4-12)9-24-21(31)32-14-2-1-11(5-14)15-8-18(25-13)29-28-15/h6-8,10-12,14,19H,1-5,9H2,(H,24,31)(H2,25,28,29)(H,26,27,30)/t10?,11-,12?,14+/m0/s1. The highest BCUT2D eigenvalue weighted by atomic mass is 19.3. The Labute approximate surface area is 182 Å². The molecule has 9 nitrogen and oxygen atoms in total. The number of pyridine rings is 1. The number of ether oxygens (including phenoxy) is 1. The number of amides is 2. The molecule has 32 heavy (non-hydrogen) atoms. The molecule has 2 fully saturated rings. The maximum atomic E-state index is 13.4. The Balaban J connectivity index is 1.41. The molecule has 0 radical (unpaired) electrons. The molecule has 6 rings (SSSR count). The largest absolute Gasteiger partial charge is 0.446 e. The van der Waals surface area contributed by atoms with Crippen molar-refractivity contribution in [1.29, 1.82) is 0 Å². The summed E-state index contributed by atoms with van der Waals surface area (Å²) in [5.74, 6) is 0.341. The Morgan fingerprint density at radius 1 is 1.00 bits per heavy atom. The fourth-order valence-corrected chi connectivity index (χ4v) is 4.65. The average molecular weight is 446 g/mol. The van der Waals surface area contributed by atoms with E-state index in [4.69, 9.17) is 4.74 Å². The van der Waals surface area contributed by atoms with Gasteiger partial charge in [-0.15, -0.1) is 0 Å². The molecule has 2 aliphatic carbocycles. The minimum Gasteiger partial charge on any atom is -0.446 e. The van der Waals surface area contributed by atoms with Gasteiger partial charge in [-0.05, 0) is 44.1 Å². The van der Waals surface area contributed by atoms with Crippen molar-refractivity contribution in [1.82, 2.24) is 20.5 Å². The van der Waals surface area contributed by atoms with Crippen LogP contribution >= 0.6 is 0 Å². The van der Waals surface area contributed by atoms with E-state index < -0.39 is 18.2 Å². The van der Waals surface area contributed by atoms with Crippen molar-refractivity contribution in [2.24, 2.45) is 11.8 Å². The summed E-state index contributed by atoms with van der Waals surface area (Å²) >= 11 is 0. The lowest BCUT2D eigenvalue weighted by molar-refractivity contribution is -0.123. The third-order valence-electron chi connectivity index (χ3n) is 6.43. The maximum Gasteiger partial charge on any atom is 0.407 e. The van der Waals surface area contributed by atoms with E-state index in [0.717, 1.165) is 18.5 Å². The van der Waals surface area contributed by atoms with E-state index in [1.54, 1.807) is 0 Å². The van der Waals surface area contributed by atoms with Crippen molar-refractivity contribution in [3.63, 3.8) is 0 Å². The number of aromatic amines is 1. The Bertz CT molecular complexity index is 1020. The van der Waals surface area contributed by atoms with Gasteiger partial charge in [-0.3, -0.25) is 9.89 Å². The predicted molar refractivity (Wildman–Crippen MR) is 111 cm³/mol. The van der Waals surface area contributed by atoms with E-state index in [0.29, 0.717) is 37.3 Å². The number of alkyl carbamates (subject to hydrolysis) is 1. The average Bonchev–Trinajstić information content (AvgIpc) is 3.35. The van der Waals surface area contributed by atoms with Crippen LogP contribution in [0.2, 0.25) is 0 Å². The van der Waals surface area contributed by atoms with E-state index in [1.807, 2.05) is 6.07 Å². The molecule has 2 amide bonds. The van der Waals surface area contributed by atoms with Gasteiger partial charge >= 0.3 is 6.09 Å². The number of anilines is 3. The highest BCUT2D eigenvalue weighted by Crippen LogP contribution is 2.37. The van der Waals surface area contributed by atoms with E-state index in [2.05, 4.69) is 31.1 Å². The van der Waals surface area contributed by atoms with Crippen molar-refractivity contribution in [2.45, 2.75) is 50.6 Å². The lowest BCUT2D eigenvalue weighted by atomic mass is 9.74. The highest BCUT2D eigenvalue weighted by Gasteiger charge is 2.35. The predicted octanol–water partition coefficient (Wildman–Crippen LogP) is 3.83. The molecule has 8 bridgehead atoms. The molecule has 11 heteroatoms. The lowest BCUT2D eigenvalue weighted by Crippen LogP contribution is -2.41. The number of H-pyrrole nitrogens is 1. The van der Waals surface area contributed by atoms with Gasteiger partial charge in [-0.1, -0.05) is 0 Å². The summed E-state index contributed by atoms with van der Waals surface area (Å²) in [5, 5.41) is 15.7. The van der Waals surface area contributed by atoms with E-state index >= 15 is 0 Å². The zero-order valence-corrected chi connectivity index (χ0v) is 17.2. The third-order valence-corrected chi connectivity index (χ3v) is 6.43. The van der Waals surface area contributed by atoms with Crippen molar-refractivity contribution in [2.75, 3.05) is 17.2 Å². The van der Waals surface area contributed by atoms with E-state index in [9.17, 15) is 18.4 Å². The number of alkyl halides is 2. The van der Waals surface area contributed by atoms with Crippen LogP contribution in [0.15, 0.2) is 18.2 Å². The van der Waals surface area contributed by atoms with Crippen LogP contribution in [-0.2, 0) is 9.53 Å². The fourth-order valence-electron chi connectivity index (χ4n) is 4.65. The van der Waals surface area contributed by atoms with Gasteiger partial charge in [0.15, 0.2) is 5.82 Å². The van der Waals surface area contributed by atoms with Crippen LogP contribution in [0, 0.1) is 11.8 Å². The Hall–Kier alpha value is -3.24. The summed E-state index contributed by atoms with van der Waals surface area (Å²) in [6.45, 7) is 0.440. The van der Waals surface area contributed by atoms with Crippen LogP contribution in [-0.4, -0.2) is 39.8 Å². The summed E-state index contributed by atoms with van der Waals surface area (Å²) in [4.78, 5) is 28.6. The van der Waals surface area contributed by atoms with Gasteiger partial charge < -0.3 is 20.7 Å². The number of aromatic nitrogens is 3. The van der Waals surface area contributed by atoms with Gasteiger partial charge in [0.25, 0.3) is 6.43 Å². The molecule has 2 saturated carbocycles. The molecule has 2 aliphatic heterocycles. The summed E-state index contributed by atoms with van der Waals surface area (Å²) in [6.07, 6.45) is 0.123. The molecular formula is C21H24F2N6O3. The smallest absolute Gasteiger partial charge is 0.407 e. The number of fused-ring (bicyclic) bond motifs is 4. The fraction of sp³-hybridized carbons (Fsp3) is 0.524. The molecule has 4 heterocycles. The van der Waals surface area contributed by atoms with Crippen LogP contribution in [0.3, 0.4) is 0 Å². The first-order valence-corrected chi connectivity index (χ1v) is 10.8. The number of nitrogens with one attached hydrogen (secondary N) is 4. The molecule has 2 aromatic rings. The first-order chi connectivity index (χ1) is 15.4. The number of hydrogen-bond donors (Lipinski definition) is 4. The summed E-state index contributed by atoms with van der Waals surface area (Å²) in [7, 11) is 0. The van der Waals surface area contributed by atoms with Crippen molar-refractivity contribution >= 4 is 29.3 Å². The van der Waals surface area contributed by atoms with Gasteiger partial charge in [0.2, 0.25) is 5.91 Å². The summed E-state index contributed by atoms with van der Waals surface area (Å²) in [5.41, 5.74) is 0.807. The number of hydrogen-bond acceptors (Lipinski definition) is 6. The SMILES string of the molecule is O=C1NCC2CC(C2)C(=O)Nc2cc(cc(C(F)F)n2)Nc2cc([nH]n2)[C@H]2CC[C@H](C2)O1. The van der Waals surface area contributed by atoms with Crippen LogP contribution in [0.5, 0.6) is 0 Å². The van der Waals surface area contributed by atoms with Crippen LogP contribution < -0.4 is 16.0 Å². The molecule has 0 unspecified atom stereocenters. The van der Waals surface area contributed by atoms with Crippen molar-refractivity contribution in [3.05, 3.63) is 29.6 Å². The lowest BCUT2D eigenvalue weighted by Gasteiger charge is -2.34. The maximum absolute atomic E-state index is 13.4. The molecule has 2 aromatic heterocycles. The summed E-state index contributed by atoms with van der Waals surface area (Å²) < 4.78 is 32.3. The molecule has 0 saturated heterocycles. The Morgan fingerprint density at radius 2 is 1.84 bits per heavy atom. The number of carbonyl (C=O) groups is 2. The Morgan fingerprint density at radius 3 is 2.66 bits per heavy atom. The highest BCUT2D eigenvalue weighted by molar-refractivity contribution is 5.92. The molecule has 4 N–H and O–H groups in total. The first-order valence-electron chi connectivity index (χ1n) is 10.8. The van der Waals surface area contributed by atoms with Gasteiger partial charge in [0.1, 0.15) is 17.6 Å². The number of rotatable bonds is 1. The third kappa shape index (κ3) is 4.37. The van der Waals surface area contributed by atoms with Crippen LogP contribution in [0.25, 0.3) is 0 Å². The van der Waals surface area contributed by atoms with E-state index in [-0.39, 0.29) is 35.6 Å². The minimum absolute atomic E-state index is 0.0627. The Kier molecular flexibility index (Phi) is 5.40. The molecule has 4 aliphatic rings. The van der Waals surface area contributed by atoms with Gasteiger partial charge in [0.05, 0.1) is 0 Å². The summed E-state index contributed by atoms with van der Waals surface area (Å²) in [6, 6.07) is 4.58. The molecule has 2 atom stereocenters. The second-order valence-electron chi connectivity index (χ2n) is 8.74. The zero-order valence-electron chi connectivity index (χ0n) is 17.2. The topological polar surface area (TPSA) is 121 Å². The van der Waals surface area contributed by atoms with Crippen LogP contribution in [0.1, 0.15) is 55.8 Å². The molecule has 0 spiro atoms. The van der Waals surface area contributed by atoms with Gasteiger partial charge in [-0.2, -0.15) is 5.10 Å². The second-order valence-corrected chi connectivity index (χ2v) is 8.74. The monoisotopic (exact) mass is 446 g/mol. The number of carbonyl (C=O) groups excluding carboxylic acids is 2. The molecule has 0 aromatic carbocycles. The van der Waals surface area contributed by atoms with Crippen molar-refractivity contribution in [3.8, 4) is 0 Å². The zero-order chi connectivity index (χ0) is 22.2. The number of halogens is 2. The molecular weight excluding hydrogens is 422 g/mol. The van der Waals surface area contributed by atoms with Crippen LogP contribution in [0.4, 0.5) is 30.9 Å². The first kappa shape index (κ1) is 20.7. The van der Waals surface area contributed by atoms with Crippen molar-refractivity contribution < 1.29 is 23.1 Å². The van der Waals surface area contributed by atoms with Gasteiger partial charge in [-0.25, -0.2) is 18.6 Å². The van der Waals surface area contributed by atoms with Gasteiger partial charge in [0, 0.05) is 41.9 Å².